The topological polar surface area (TPSA) is 115 Å². The molecule has 5 aromatic rings. The normalized spacial score (nSPS) is 10.4. The highest BCUT2D eigenvalue weighted by molar-refractivity contribution is 6.14. The van der Waals surface area contributed by atoms with E-state index in [0.29, 0.717) is 22.0 Å². The van der Waals surface area contributed by atoms with E-state index in [2.05, 4.69) is 5.10 Å². The second-order valence-corrected chi connectivity index (χ2v) is 7.84. The molecule has 1 heterocycles. The third-order valence-corrected chi connectivity index (χ3v) is 5.45. The zero-order chi connectivity index (χ0) is 26.5. The second kappa shape index (κ2) is 10.6. The average Bonchev–Trinajstić information content (AvgIpc) is 2.92. The Bertz CT molecular complexity index is 1660. The van der Waals surface area contributed by atoms with Gasteiger partial charge in [0.2, 0.25) is 0 Å². The number of aromatic carboxylic acids is 1. The summed E-state index contributed by atoms with van der Waals surface area (Å²) in [6, 6.07) is 23.9. The van der Waals surface area contributed by atoms with Gasteiger partial charge in [0.25, 0.3) is 5.56 Å². The smallest absolute Gasteiger partial charge is 0.336 e. The largest absolute Gasteiger partial charge is 0.478 e. The summed E-state index contributed by atoms with van der Waals surface area (Å²) in [4.78, 5) is 35.8. The number of carbonyl (C=O) groups excluding carboxylic acids is 1. The molecule has 0 fully saturated rings. The summed E-state index contributed by atoms with van der Waals surface area (Å²) in [5.41, 5.74) is 1.18. The number of ketones is 1. The molecule has 0 spiro atoms. The van der Waals surface area contributed by atoms with Crippen LogP contribution in [0.1, 0.15) is 26.3 Å². The Balaban J connectivity index is 0.000000173. The fraction of sp³-hybridized carbons (Fsp3) is 0. The number of hydrogen-bond acceptors (Lipinski definition) is 5. The monoisotopic (exact) mass is 499 g/mol. The Morgan fingerprint density at radius 1 is 0.730 bits per heavy atom. The molecule has 0 saturated carbocycles. The molecule has 0 unspecified atom stereocenters. The molecule has 37 heavy (non-hydrogen) atoms. The highest BCUT2D eigenvalue weighted by Gasteiger charge is 2.17. The van der Waals surface area contributed by atoms with Gasteiger partial charge in [-0.3, -0.25) is 9.59 Å². The fourth-order valence-electron chi connectivity index (χ4n) is 3.65. The first-order valence-electron chi connectivity index (χ1n) is 10.9. The summed E-state index contributed by atoms with van der Waals surface area (Å²) >= 11 is 0. The summed E-state index contributed by atoms with van der Waals surface area (Å²) in [6.45, 7) is 0. The van der Waals surface area contributed by atoms with Gasteiger partial charge in [-0.2, -0.15) is 0 Å². The van der Waals surface area contributed by atoms with Gasteiger partial charge >= 0.3 is 5.97 Å². The standard InChI is InChI=1S/C14H10FN3O.C14H9FO3/c15-10-7-5-9(6-8-10)13-11-3-1-2-4-12(11)14(19)18(16)17-13;15-10-7-5-9(6-8-10)13(16)11-3-1-2-4-12(11)14(17)18/h1-8H,16H2;1-8H,(H,17,18). The van der Waals surface area contributed by atoms with E-state index < -0.39 is 17.6 Å². The molecule has 1 aromatic heterocycles. The van der Waals surface area contributed by atoms with Crippen molar-refractivity contribution in [2.45, 2.75) is 0 Å². The van der Waals surface area contributed by atoms with E-state index in [0.717, 1.165) is 16.9 Å². The number of nitrogens with two attached hydrogens (primary N) is 1. The van der Waals surface area contributed by atoms with Gasteiger partial charge in [-0.05, 0) is 60.7 Å². The minimum absolute atomic E-state index is 0.0631. The number of rotatable bonds is 4. The number of fused-ring (bicyclic) bond motifs is 1. The van der Waals surface area contributed by atoms with Crippen LogP contribution in [0.3, 0.4) is 0 Å². The third kappa shape index (κ3) is 5.40. The Morgan fingerprint density at radius 3 is 1.84 bits per heavy atom. The molecule has 7 nitrogen and oxygen atoms in total. The van der Waals surface area contributed by atoms with Crippen molar-refractivity contribution >= 4 is 22.5 Å². The lowest BCUT2D eigenvalue weighted by atomic mass is 9.98. The van der Waals surface area contributed by atoms with Gasteiger partial charge in [-0.15, -0.1) is 9.89 Å². The molecule has 0 amide bonds. The molecule has 0 aliphatic heterocycles. The Hall–Kier alpha value is -5.18. The summed E-state index contributed by atoms with van der Waals surface area (Å²) < 4.78 is 25.7. The van der Waals surface area contributed by atoms with Gasteiger partial charge < -0.3 is 10.9 Å². The summed E-state index contributed by atoms with van der Waals surface area (Å²) in [6.07, 6.45) is 0. The number of benzene rings is 4. The number of carboxylic acids is 1. The van der Waals surface area contributed by atoms with Crippen molar-refractivity contribution in [2.75, 3.05) is 5.84 Å². The van der Waals surface area contributed by atoms with Gasteiger partial charge in [-0.25, -0.2) is 13.6 Å². The van der Waals surface area contributed by atoms with Gasteiger partial charge in [0.05, 0.1) is 10.9 Å². The van der Waals surface area contributed by atoms with E-state index >= 15 is 0 Å². The highest BCUT2D eigenvalue weighted by Crippen LogP contribution is 2.24. The number of hydrogen-bond donors (Lipinski definition) is 2. The maximum absolute atomic E-state index is 13.0. The van der Waals surface area contributed by atoms with Gasteiger partial charge in [0.15, 0.2) is 5.78 Å². The van der Waals surface area contributed by atoms with Gasteiger partial charge in [-0.1, -0.05) is 36.4 Å². The van der Waals surface area contributed by atoms with Crippen molar-refractivity contribution in [2.24, 2.45) is 0 Å². The number of carboxylic acid groups (broad SMARTS) is 1. The van der Waals surface area contributed by atoms with Crippen molar-refractivity contribution < 1.29 is 23.5 Å². The van der Waals surface area contributed by atoms with Crippen LogP contribution < -0.4 is 11.4 Å². The van der Waals surface area contributed by atoms with Crippen molar-refractivity contribution in [3.63, 3.8) is 0 Å². The van der Waals surface area contributed by atoms with Crippen LogP contribution in [0, 0.1) is 11.6 Å². The minimum atomic E-state index is -1.17. The number of aromatic nitrogens is 2. The molecule has 0 radical (unpaired) electrons. The molecule has 0 bridgehead atoms. The fourth-order valence-corrected chi connectivity index (χ4v) is 3.65. The van der Waals surface area contributed by atoms with E-state index in [1.165, 1.54) is 36.4 Å². The lowest BCUT2D eigenvalue weighted by molar-refractivity contribution is 0.0692. The van der Waals surface area contributed by atoms with Crippen LogP contribution >= 0.6 is 0 Å². The quantitative estimate of drug-likeness (QED) is 0.274. The molecule has 5 rings (SSSR count). The van der Waals surface area contributed by atoms with Crippen LogP contribution in [-0.2, 0) is 0 Å². The summed E-state index contributed by atoms with van der Waals surface area (Å²) in [7, 11) is 0. The molecular weight excluding hydrogens is 480 g/mol. The second-order valence-electron chi connectivity index (χ2n) is 7.84. The predicted octanol–water partition coefficient (Wildman–Crippen LogP) is 4.67. The van der Waals surface area contributed by atoms with Crippen LogP contribution in [0.4, 0.5) is 8.78 Å². The molecule has 0 saturated heterocycles. The first-order valence-corrected chi connectivity index (χ1v) is 10.9. The van der Waals surface area contributed by atoms with Crippen LogP contribution in [0.2, 0.25) is 0 Å². The van der Waals surface area contributed by atoms with Crippen LogP contribution in [0.25, 0.3) is 22.0 Å². The molecule has 0 atom stereocenters. The van der Waals surface area contributed by atoms with Crippen molar-refractivity contribution in [1.29, 1.82) is 0 Å². The lowest BCUT2D eigenvalue weighted by Gasteiger charge is -2.07. The van der Waals surface area contributed by atoms with E-state index in [4.69, 9.17) is 10.9 Å². The van der Waals surface area contributed by atoms with Crippen molar-refractivity contribution in [3.8, 4) is 11.3 Å². The third-order valence-electron chi connectivity index (χ3n) is 5.45. The first kappa shape index (κ1) is 24.9. The van der Waals surface area contributed by atoms with Crippen LogP contribution in [-0.4, -0.2) is 26.7 Å². The molecule has 0 aliphatic rings. The van der Waals surface area contributed by atoms with Crippen molar-refractivity contribution in [3.05, 3.63) is 136 Å². The van der Waals surface area contributed by atoms with Crippen LogP contribution in [0.15, 0.2) is 102 Å². The SMILES string of the molecule is Nn1nc(-c2ccc(F)cc2)c2ccccc2c1=O.O=C(O)c1ccccc1C(=O)c1ccc(F)cc1. The number of nitrogens with zero attached hydrogens (tertiary/aromatic N) is 2. The number of halogens is 2. The van der Waals surface area contributed by atoms with Crippen LogP contribution in [0.5, 0.6) is 0 Å². The zero-order valence-electron chi connectivity index (χ0n) is 19.1. The Kier molecular flexibility index (Phi) is 7.15. The maximum Gasteiger partial charge on any atom is 0.336 e. The lowest BCUT2D eigenvalue weighted by Crippen LogP contribution is -2.30. The number of carbonyl (C=O) groups is 2. The maximum atomic E-state index is 13.0. The molecule has 184 valence electrons. The molecular formula is C28H19F2N3O4. The first-order chi connectivity index (χ1) is 17.8. The Morgan fingerprint density at radius 2 is 1.24 bits per heavy atom. The highest BCUT2D eigenvalue weighted by atomic mass is 19.1. The molecule has 3 N–H and O–H groups in total. The van der Waals surface area contributed by atoms with E-state index in [1.54, 1.807) is 42.5 Å². The Labute approximate surface area is 209 Å². The van der Waals surface area contributed by atoms with Gasteiger partial charge in [0, 0.05) is 22.1 Å². The zero-order valence-corrected chi connectivity index (χ0v) is 19.1. The van der Waals surface area contributed by atoms with Gasteiger partial charge in [0.1, 0.15) is 17.3 Å². The minimum Gasteiger partial charge on any atom is -0.478 e. The van der Waals surface area contributed by atoms with Crippen molar-refractivity contribution in [1.82, 2.24) is 9.89 Å². The molecule has 0 aliphatic carbocycles. The molecule has 9 heteroatoms. The average molecular weight is 499 g/mol. The predicted molar refractivity (Wildman–Crippen MR) is 135 cm³/mol. The van der Waals surface area contributed by atoms with E-state index in [1.807, 2.05) is 6.07 Å². The summed E-state index contributed by atoms with van der Waals surface area (Å²) in [5, 5.41) is 14.2. The van der Waals surface area contributed by atoms with E-state index in [9.17, 15) is 23.2 Å². The molecule has 4 aromatic carbocycles. The van der Waals surface area contributed by atoms with E-state index in [-0.39, 0.29) is 28.1 Å². The number of nitrogen functional groups attached to an aromatic ring is 1. The summed E-state index contributed by atoms with van der Waals surface area (Å²) in [5.74, 6) is 3.20.